The van der Waals surface area contributed by atoms with E-state index >= 15 is 0 Å². The first kappa shape index (κ1) is 14.6. The Hall–Kier alpha value is -1.85. The van der Waals surface area contributed by atoms with Crippen LogP contribution in [-0.4, -0.2) is 34.5 Å². The van der Waals surface area contributed by atoms with Gasteiger partial charge < -0.3 is 10.2 Å². The summed E-state index contributed by atoms with van der Waals surface area (Å²) >= 11 is 1.65. The number of rotatable bonds is 5. The van der Waals surface area contributed by atoms with E-state index in [1.165, 1.54) is 23.1 Å². The number of phenols is 2. The Kier molecular flexibility index (Phi) is 4.42. The van der Waals surface area contributed by atoms with Crippen LogP contribution in [0.4, 0.5) is 0 Å². The largest absolute Gasteiger partial charge is 0.508 e. The van der Waals surface area contributed by atoms with Gasteiger partial charge in [0.2, 0.25) is 0 Å². The first-order valence-corrected chi connectivity index (χ1v) is 7.16. The summed E-state index contributed by atoms with van der Waals surface area (Å²) in [4.78, 5) is 15.3. The third-order valence-electron chi connectivity index (χ3n) is 3.29. The van der Waals surface area contributed by atoms with E-state index in [2.05, 4.69) is 0 Å². The fourth-order valence-electron chi connectivity index (χ4n) is 1.95. The van der Waals surface area contributed by atoms with Crippen molar-refractivity contribution >= 4 is 17.1 Å². The molecule has 0 aliphatic heterocycles. The minimum atomic E-state index is -0.188. The molecule has 5 heteroatoms. The molecule has 1 heterocycles. The molecule has 0 amide bonds. The van der Waals surface area contributed by atoms with Gasteiger partial charge in [0.25, 0.3) is 0 Å². The molecule has 106 valence electrons. The average molecular weight is 291 g/mol. The van der Waals surface area contributed by atoms with Crippen LogP contribution >= 0.6 is 11.3 Å². The molecule has 0 fully saturated rings. The number of ketones is 1. The molecule has 1 atom stereocenters. The van der Waals surface area contributed by atoms with Gasteiger partial charge in [-0.1, -0.05) is 6.07 Å². The van der Waals surface area contributed by atoms with E-state index in [-0.39, 0.29) is 35.4 Å². The molecule has 0 aliphatic rings. The van der Waals surface area contributed by atoms with Gasteiger partial charge in [-0.25, -0.2) is 0 Å². The number of hydrogen-bond acceptors (Lipinski definition) is 5. The topological polar surface area (TPSA) is 60.8 Å². The van der Waals surface area contributed by atoms with Gasteiger partial charge in [0.1, 0.15) is 11.5 Å². The van der Waals surface area contributed by atoms with Crippen molar-refractivity contribution in [1.29, 1.82) is 0 Å². The fraction of sp³-hybridized carbons (Fsp3) is 0.267. The Labute approximate surface area is 121 Å². The number of benzene rings is 1. The summed E-state index contributed by atoms with van der Waals surface area (Å²) in [6.45, 7) is 2.24. The Bertz CT molecular complexity index is 595. The lowest BCUT2D eigenvalue weighted by Crippen LogP contribution is -2.28. The minimum Gasteiger partial charge on any atom is -0.508 e. The van der Waals surface area contributed by atoms with E-state index < -0.39 is 0 Å². The van der Waals surface area contributed by atoms with Gasteiger partial charge in [0.15, 0.2) is 5.78 Å². The van der Waals surface area contributed by atoms with E-state index in [1.54, 1.807) is 11.3 Å². The molecule has 2 rings (SSSR count). The molecule has 2 aromatic rings. The summed E-state index contributed by atoms with van der Waals surface area (Å²) in [5, 5.41) is 20.9. The molecule has 0 radical (unpaired) electrons. The molecule has 4 nitrogen and oxygen atoms in total. The standard InChI is InChI=1S/C15H17NO3S/c1-10(15-4-3-7-20-15)16(2)9-14(19)12-6-5-11(17)8-13(12)18/h3-8,10,17-18H,9H2,1-2H3. The van der Waals surface area contributed by atoms with Gasteiger partial charge in [0, 0.05) is 17.0 Å². The summed E-state index contributed by atoms with van der Waals surface area (Å²) in [6.07, 6.45) is 0. The maximum atomic E-state index is 12.2. The molecule has 0 spiro atoms. The molecule has 1 unspecified atom stereocenters. The number of carbonyl (C=O) groups excluding carboxylic acids is 1. The smallest absolute Gasteiger partial charge is 0.180 e. The van der Waals surface area contributed by atoms with Crippen molar-refractivity contribution in [3.05, 3.63) is 46.2 Å². The van der Waals surface area contributed by atoms with Crippen LogP contribution in [0.15, 0.2) is 35.7 Å². The zero-order valence-corrected chi connectivity index (χ0v) is 12.2. The normalized spacial score (nSPS) is 12.6. The summed E-state index contributed by atoms with van der Waals surface area (Å²) in [6, 6.07) is 8.17. The van der Waals surface area contributed by atoms with Crippen molar-refractivity contribution in [2.24, 2.45) is 0 Å². The van der Waals surface area contributed by atoms with Gasteiger partial charge in [-0.3, -0.25) is 9.69 Å². The predicted molar refractivity (Wildman–Crippen MR) is 79.5 cm³/mol. The molecule has 0 saturated carbocycles. The van der Waals surface area contributed by atoms with Gasteiger partial charge in [0.05, 0.1) is 12.1 Å². The molecular weight excluding hydrogens is 274 g/mol. The first-order chi connectivity index (χ1) is 9.49. The zero-order valence-electron chi connectivity index (χ0n) is 11.4. The summed E-state index contributed by atoms with van der Waals surface area (Å²) in [5.41, 5.74) is 0.230. The van der Waals surface area contributed by atoms with Crippen LogP contribution in [0.3, 0.4) is 0 Å². The van der Waals surface area contributed by atoms with Gasteiger partial charge >= 0.3 is 0 Å². The first-order valence-electron chi connectivity index (χ1n) is 6.28. The highest BCUT2D eigenvalue weighted by atomic mass is 32.1. The Balaban J connectivity index is 2.07. The third-order valence-corrected chi connectivity index (χ3v) is 4.33. The summed E-state index contributed by atoms with van der Waals surface area (Å²) < 4.78 is 0. The number of Topliss-reactive ketones (excluding diaryl/α,β-unsaturated/α-hetero) is 1. The number of thiophene rings is 1. The van der Waals surface area contributed by atoms with Crippen molar-refractivity contribution in [3.8, 4) is 11.5 Å². The van der Waals surface area contributed by atoms with Crippen LogP contribution in [0.5, 0.6) is 11.5 Å². The minimum absolute atomic E-state index is 0.0561. The molecule has 1 aromatic heterocycles. The monoisotopic (exact) mass is 291 g/mol. The van der Waals surface area contributed by atoms with Crippen LogP contribution in [0.25, 0.3) is 0 Å². The number of carbonyl (C=O) groups is 1. The van der Waals surface area contributed by atoms with Crippen LogP contribution in [0.1, 0.15) is 28.2 Å². The van der Waals surface area contributed by atoms with E-state index in [0.717, 1.165) is 0 Å². The molecule has 0 aliphatic carbocycles. The van der Waals surface area contributed by atoms with Crippen molar-refractivity contribution in [2.75, 3.05) is 13.6 Å². The molecule has 0 saturated heterocycles. The van der Waals surface area contributed by atoms with Crippen LogP contribution < -0.4 is 0 Å². The average Bonchev–Trinajstić information content (AvgIpc) is 2.91. The van der Waals surface area contributed by atoms with Crippen molar-refractivity contribution in [2.45, 2.75) is 13.0 Å². The lowest BCUT2D eigenvalue weighted by molar-refractivity contribution is 0.0923. The number of aromatic hydroxyl groups is 2. The molecule has 0 bridgehead atoms. The van der Waals surface area contributed by atoms with E-state index in [1.807, 2.05) is 36.4 Å². The number of phenolic OH excluding ortho intramolecular Hbond substituents is 2. The highest BCUT2D eigenvalue weighted by Crippen LogP contribution is 2.26. The second kappa shape index (κ2) is 6.07. The maximum Gasteiger partial charge on any atom is 0.180 e. The molecular formula is C15H17NO3S. The molecule has 1 aromatic carbocycles. The third kappa shape index (κ3) is 3.18. The van der Waals surface area contributed by atoms with E-state index in [4.69, 9.17) is 0 Å². The highest BCUT2D eigenvalue weighted by molar-refractivity contribution is 7.10. The van der Waals surface area contributed by atoms with E-state index in [0.29, 0.717) is 0 Å². The van der Waals surface area contributed by atoms with E-state index in [9.17, 15) is 15.0 Å². The van der Waals surface area contributed by atoms with Crippen LogP contribution in [-0.2, 0) is 0 Å². The quantitative estimate of drug-likeness (QED) is 0.831. The fourth-order valence-corrected chi connectivity index (χ4v) is 2.80. The Morgan fingerprint density at radius 2 is 2.10 bits per heavy atom. The van der Waals surface area contributed by atoms with Gasteiger partial charge in [-0.05, 0) is 37.6 Å². The van der Waals surface area contributed by atoms with Gasteiger partial charge in [-0.2, -0.15) is 0 Å². The second-order valence-electron chi connectivity index (χ2n) is 4.73. The van der Waals surface area contributed by atoms with Crippen molar-refractivity contribution in [3.63, 3.8) is 0 Å². The van der Waals surface area contributed by atoms with Crippen molar-refractivity contribution in [1.82, 2.24) is 4.90 Å². The number of nitrogens with zero attached hydrogens (tertiary/aromatic N) is 1. The van der Waals surface area contributed by atoms with Crippen LogP contribution in [0.2, 0.25) is 0 Å². The molecule has 20 heavy (non-hydrogen) atoms. The maximum absolute atomic E-state index is 12.2. The van der Waals surface area contributed by atoms with Crippen LogP contribution in [0, 0.1) is 0 Å². The SMILES string of the molecule is CC(c1cccs1)N(C)CC(=O)c1ccc(O)cc1O. The lowest BCUT2D eigenvalue weighted by Gasteiger charge is -2.23. The summed E-state index contributed by atoms with van der Waals surface area (Å²) in [7, 11) is 1.87. The Morgan fingerprint density at radius 1 is 1.35 bits per heavy atom. The lowest BCUT2D eigenvalue weighted by atomic mass is 10.1. The van der Waals surface area contributed by atoms with Crippen molar-refractivity contribution < 1.29 is 15.0 Å². The van der Waals surface area contributed by atoms with Gasteiger partial charge in [-0.15, -0.1) is 11.3 Å². The highest BCUT2D eigenvalue weighted by Gasteiger charge is 2.18. The molecule has 2 N–H and O–H groups in total. The number of likely N-dealkylation sites (N-methyl/N-ethyl adjacent to an activating group) is 1. The second-order valence-corrected chi connectivity index (χ2v) is 5.71. The summed E-state index contributed by atoms with van der Waals surface area (Å²) in [5.74, 6) is -0.417. The zero-order chi connectivity index (χ0) is 14.7. The predicted octanol–water partition coefficient (Wildman–Crippen LogP) is 3.04. The number of hydrogen-bond donors (Lipinski definition) is 2. The Morgan fingerprint density at radius 3 is 2.70 bits per heavy atom.